The molecule has 2 saturated heterocycles. The molecule has 0 aliphatic carbocycles. The van der Waals surface area contributed by atoms with E-state index in [1.165, 1.54) is 30.6 Å². The van der Waals surface area contributed by atoms with Crippen molar-refractivity contribution in [1.29, 1.82) is 10.5 Å². The van der Waals surface area contributed by atoms with Crippen LogP contribution in [0.2, 0.25) is 0 Å². The normalized spacial score (nSPS) is 28.7. The molecule has 9 heteroatoms. The average Bonchev–Trinajstić information content (AvgIpc) is 3.08. The van der Waals surface area contributed by atoms with Crippen LogP contribution < -0.4 is 0 Å². The summed E-state index contributed by atoms with van der Waals surface area (Å²) in [6.07, 6.45) is 3.25. The molecule has 0 bridgehead atoms. The van der Waals surface area contributed by atoms with E-state index in [2.05, 4.69) is 0 Å². The second kappa shape index (κ2) is 9.25. The number of hydrogen-bond donors (Lipinski definition) is 0. The van der Waals surface area contributed by atoms with Crippen molar-refractivity contribution in [2.75, 3.05) is 26.4 Å². The predicted molar refractivity (Wildman–Crippen MR) is 98.8 cm³/mol. The van der Waals surface area contributed by atoms with Crippen molar-refractivity contribution in [1.82, 2.24) is 0 Å². The van der Waals surface area contributed by atoms with Crippen molar-refractivity contribution in [3.05, 3.63) is 21.5 Å². The van der Waals surface area contributed by atoms with Gasteiger partial charge in [0.25, 0.3) is 0 Å². The molecule has 0 aromatic rings. The Bertz CT molecular complexity index is 643. The lowest BCUT2D eigenvalue weighted by atomic mass is 9.98. The molecule has 7 nitrogen and oxygen atoms in total. The van der Waals surface area contributed by atoms with E-state index in [1.54, 1.807) is 19.9 Å². The molecule has 2 heterocycles. The molecular weight excluding hydrogens is 376 g/mol. The van der Waals surface area contributed by atoms with Gasteiger partial charge in [-0.1, -0.05) is 0 Å². The predicted octanol–water partition coefficient (Wildman–Crippen LogP) is 2.76. The summed E-state index contributed by atoms with van der Waals surface area (Å²) in [6.45, 7) is 3.62. The van der Waals surface area contributed by atoms with Gasteiger partial charge in [-0.15, -0.1) is 23.5 Å². The summed E-state index contributed by atoms with van der Waals surface area (Å²) in [5.74, 6) is -0.800. The van der Waals surface area contributed by atoms with E-state index >= 15 is 0 Å². The van der Waals surface area contributed by atoms with Crippen LogP contribution in [0.5, 0.6) is 0 Å². The van der Waals surface area contributed by atoms with Crippen LogP contribution in [0.15, 0.2) is 21.5 Å². The van der Waals surface area contributed by atoms with Crippen molar-refractivity contribution in [2.24, 2.45) is 0 Å². The fourth-order valence-corrected chi connectivity index (χ4v) is 3.99. The first-order chi connectivity index (χ1) is 12.4. The van der Waals surface area contributed by atoms with E-state index < -0.39 is 30.4 Å². The molecule has 2 aliphatic rings. The van der Waals surface area contributed by atoms with Gasteiger partial charge in [0.05, 0.1) is 0 Å². The molecule has 0 N–H and O–H groups in total. The molecule has 0 unspecified atom stereocenters. The van der Waals surface area contributed by atoms with Crippen LogP contribution in [0.1, 0.15) is 13.8 Å². The molecule has 0 radical (unpaired) electrons. The first kappa shape index (κ1) is 21.3. The van der Waals surface area contributed by atoms with Crippen LogP contribution in [-0.4, -0.2) is 56.8 Å². The van der Waals surface area contributed by atoms with Gasteiger partial charge in [0.1, 0.15) is 42.8 Å². The number of nitrogens with zero attached hydrogens (tertiary/aromatic N) is 2. The number of ether oxygens (including phenoxy) is 5. The lowest BCUT2D eigenvalue weighted by Crippen LogP contribution is -2.38. The van der Waals surface area contributed by atoms with Crippen LogP contribution in [0.4, 0.5) is 0 Å². The molecule has 0 spiro atoms. The Morgan fingerprint density at radius 2 is 1.85 bits per heavy atom. The Labute approximate surface area is 162 Å². The lowest BCUT2D eigenvalue weighted by molar-refractivity contribution is -0.218. The Kier molecular flexibility index (Phi) is 7.56. The highest BCUT2D eigenvalue weighted by atomic mass is 32.2. The first-order valence-corrected chi connectivity index (χ1v) is 10.3. The third-order valence-corrected chi connectivity index (χ3v) is 5.90. The summed E-state index contributed by atoms with van der Waals surface area (Å²) in [4.78, 5) is 0. The second-order valence-electron chi connectivity index (χ2n) is 5.99. The van der Waals surface area contributed by atoms with Gasteiger partial charge in [0.2, 0.25) is 0 Å². The summed E-state index contributed by atoms with van der Waals surface area (Å²) in [7, 11) is 1.52. The number of thioether (sulfide) groups is 2. The van der Waals surface area contributed by atoms with E-state index in [0.29, 0.717) is 5.57 Å². The van der Waals surface area contributed by atoms with Gasteiger partial charge in [-0.05, 0) is 32.4 Å². The Balaban J connectivity index is 2.44. The van der Waals surface area contributed by atoms with Crippen LogP contribution in [-0.2, 0) is 23.7 Å². The topological polar surface area (TPSA) is 93.7 Å². The number of methoxy groups -OCH3 is 1. The lowest BCUT2D eigenvalue weighted by Gasteiger charge is -2.26. The molecule has 0 saturated carbocycles. The minimum atomic E-state index is -0.800. The number of hydrogen-bond acceptors (Lipinski definition) is 9. The van der Waals surface area contributed by atoms with E-state index in [0.717, 1.165) is 4.24 Å². The van der Waals surface area contributed by atoms with Crippen molar-refractivity contribution < 1.29 is 23.7 Å². The van der Waals surface area contributed by atoms with Crippen molar-refractivity contribution in [3.63, 3.8) is 0 Å². The number of allylic oxidation sites excluding steroid dienone is 1. The zero-order valence-corrected chi connectivity index (χ0v) is 17.0. The summed E-state index contributed by atoms with van der Waals surface area (Å²) in [5, 5.41) is 18.8. The number of nitriles is 2. The van der Waals surface area contributed by atoms with Gasteiger partial charge in [-0.3, -0.25) is 0 Å². The van der Waals surface area contributed by atoms with Gasteiger partial charge < -0.3 is 23.7 Å². The SMILES string of the molecule is COCO[C@@H]1[C@H]2OC(C)(C)O[C@H]2O[C@@H]1C(C=C(SC)SC)=C(C#N)C#N. The minimum Gasteiger partial charge on any atom is -0.359 e. The van der Waals surface area contributed by atoms with Crippen molar-refractivity contribution >= 4 is 23.5 Å². The van der Waals surface area contributed by atoms with Crippen LogP contribution in [0, 0.1) is 22.7 Å². The van der Waals surface area contributed by atoms with E-state index in [-0.39, 0.29) is 12.4 Å². The highest BCUT2D eigenvalue weighted by Gasteiger charge is 2.56. The maximum Gasteiger partial charge on any atom is 0.190 e. The zero-order chi connectivity index (χ0) is 19.3. The molecule has 2 aliphatic heterocycles. The van der Waals surface area contributed by atoms with Gasteiger partial charge >= 0.3 is 0 Å². The van der Waals surface area contributed by atoms with Gasteiger partial charge in [-0.2, -0.15) is 10.5 Å². The maximum atomic E-state index is 9.41. The standard InChI is InChI=1S/C17H22N2O5S2/c1-17(2)23-15-14(21-9-20-3)13(22-16(15)24-17)11(10(7-18)8-19)6-12(25-4)26-5/h6,13-16H,9H2,1-5H3/t13-,14+,15-,16-/m1/s1. The Morgan fingerprint density at radius 1 is 1.19 bits per heavy atom. The van der Waals surface area contributed by atoms with Gasteiger partial charge in [-0.25, -0.2) is 0 Å². The molecule has 26 heavy (non-hydrogen) atoms. The second-order valence-corrected chi connectivity index (χ2v) is 7.94. The summed E-state index contributed by atoms with van der Waals surface area (Å²) >= 11 is 3.05. The highest BCUT2D eigenvalue weighted by Crippen LogP contribution is 2.42. The maximum absolute atomic E-state index is 9.41. The molecule has 2 rings (SSSR count). The van der Waals surface area contributed by atoms with Crippen molar-refractivity contribution in [2.45, 2.75) is 44.2 Å². The first-order valence-electron chi connectivity index (χ1n) is 7.86. The summed E-state index contributed by atoms with van der Waals surface area (Å²) < 4.78 is 29.5. The molecule has 4 atom stereocenters. The van der Waals surface area contributed by atoms with Crippen LogP contribution >= 0.6 is 23.5 Å². The third kappa shape index (κ3) is 4.62. The van der Waals surface area contributed by atoms with Gasteiger partial charge in [0, 0.05) is 16.9 Å². The largest absolute Gasteiger partial charge is 0.359 e. The minimum absolute atomic E-state index is 0.0270. The van der Waals surface area contributed by atoms with Crippen LogP contribution in [0.25, 0.3) is 0 Å². The molecular formula is C17H22N2O5S2. The molecule has 0 aromatic heterocycles. The van der Waals surface area contributed by atoms with Gasteiger partial charge in [0.15, 0.2) is 12.1 Å². The van der Waals surface area contributed by atoms with E-state index in [4.69, 9.17) is 23.7 Å². The molecule has 2 fully saturated rings. The Morgan fingerprint density at radius 3 is 2.38 bits per heavy atom. The van der Waals surface area contributed by atoms with Crippen molar-refractivity contribution in [3.8, 4) is 12.1 Å². The fraction of sp³-hybridized carbons (Fsp3) is 0.647. The average molecular weight is 399 g/mol. The monoisotopic (exact) mass is 398 g/mol. The molecule has 0 aromatic carbocycles. The molecule has 0 amide bonds. The van der Waals surface area contributed by atoms with E-state index in [9.17, 15) is 10.5 Å². The summed E-state index contributed by atoms with van der Waals surface area (Å²) in [5.41, 5.74) is 0.426. The third-order valence-electron chi connectivity index (χ3n) is 3.86. The van der Waals surface area contributed by atoms with E-state index in [1.807, 2.05) is 24.6 Å². The zero-order valence-electron chi connectivity index (χ0n) is 15.3. The number of rotatable bonds is 7. The fourth-order valence-electron chi connectivity index (χ4n) is 2.84. The van der Waals surface area contributed by atoms with Crippen LogP contribution in [0.3, 0.4) is 0 Å². The number of fused-ring (bicyclic) bond motifs is 1. The quantitative estimate of drug-likeness (QED) is 0.364. The molecule has 142 valence electrons. The highest BCUT2D eigenvalue weighted by molar-refractivity contribution is 8.21. The smallest absolute Gasteiger partial charge is 0.190 e. The Hall–Kier alpha value is -1.04. The summed E-state index contributed by atoms with van der Waals surface area (Å²) in [6, 6.07) is 3.90.